The van der Waals surface area contributed by atoms with Crippen molar-refractivity contribution in [2.24, 2.45) is 5.10 Å². The van der Waals surface area contributed by atoms with Crippen LogP contribution in [0.5, 0.6) is 0 Å². The number of amides is 1. The Morgan fingerprint density at radius 1 is 1.40 bits per heavy atom. The number of ether oxygens (including phenoxy) is 1. The number of hydrogen-bond donors (Lipinski definition) is 0. The molecule has 0 bridgehead atoms. The zero-order valence-corrected chi connectivity index (χ0v) is 11.3. The summed E-state index contributed by atoms with van der Waals surface area (Å²) in [5.74, 6) is -0.391. The van der Waals surface area contributed by atoms with Crippen LogP contribution in [0.4, 0.5) is 5.69 Å². The molecule has 0 saturated carbocycles. The normalized spacial score (nSPS) is 20.4. The molecular formula is C15H16N2O3. The van der Waals surface area contributed by atoms with E-state index in [0.29, 0.717) is 17.7 Å². The van der Waals surface area contributed by atoms with Crippen LogP contribution >= 0.6 is 0 Å². The van der Waals surface area contributed by atoms with E-state index >= 15 is 0 Å². The van der Waals surface area contributed by atoms with Gasteiger partial charge in [0.25, 0.3) is 5.91 Å². The smallest absolute Gasteiger partial charge is 0.339 e. The molecular weight excluding hydrogens is 256 g/mol. The summed E-state index contributed by atoms with van der Waals surface area (Å²) in [4.78, 5) is 23.6. The number of rotatable bonds is 4. The Balaban J connectivity index is 1.89. The summed E-state index contributed by atoms with van der Waals surface area (Å²) in [6.45, 7) is 2.11. The number of esters is 1. The van der Waals surface area contributed by atoms with Crippen LogP contribution in [-0.4, -0.2) is 18.1 Å². The van der Waals surface area contributed by atoms with E-state index in [1.165, 1.54) is 5.01 Å². The van der Waals surface area contributed by atoms with E-state index in [1.807, 2.05) is 12.1 Å². The van der Waals surface area contributed by atoms with Crippen molar-refractivity contribution in [2.45, 2.75) is 38.7 Å². The molecule has 1 amide bonds. The lowest BCUT2D eigenvalue weighted by Gasteiger charge is -2.13. The minimum absolute atomic E-state index is 0.0844. The molecule has 0 N–H and O–H groups in total. The maximum atomic E-state index is 11.9. The molecule has 1 atom stereocenters. The number of benzene rings is 1. The van der Waals surface area contributed by atoms with Crippen LogP contribution in [-0.2, 0) is 9.53 Å². The monoisotopic (exact) mass is 272 g/mol. The second-order valence-corrected chi connectivity index (χ2v) is 5.02. The highest BCUT2D eigenvalue weighted by Gasteiger charge is 2.32. The topological polar surface area (TPSA) is 59.0 Å². The van der Waals surface area contributed by atoms with Crippen LogP contribution in [0.3, 0.4) is 0 Å². The van der Waals surface area contributed by atoms with Crippen molar-refractivity contribution < 1.29 is 14.3 Å². The Hall–Kier alpha value is -2.17. The first-order chi connectivity index (χ1) is 9.70. The van der Waals surface area contributed by atoms with Crippen molar-refractivity contribution in [1.82, 2.24) is 0 Å². The van der Waals surface area contributed by atoms with Crippen molar-refractivity contribution in [1.29, 1.82) is 0 Å². The van der Waals surface area contributed by atoms with Gasteiger partial charge in [0.15, 0.2) is 0 Å². The van der Waals surface area contributed by atoms with E-state index in [4.69, 9.17) is 4.74 Å². The lowest BCUT2D eigenvalue weighted by molar-refractivity contribution is -0.116. The Morgan fingerprint density at radius 3 is 2.95 bits per heavy atom. The van der Waals surface area contributed by atoms with Gasteiger partial charge in [0.1, 0.15) is 6.10 Å². The summed E-state index contributed by atoms with van der Waals surface area (Å²) in [5, 5.41) is 5.34. The molecule has 0 fully saturated rings. The van der Waals surface area contributed by atoms with E-state index < -0.39 is 0 Å². The minimum Gasteiger partial charge on any atom is -0.454 e. The zero-order chi connectivity index (χ0) is 14.1. The van der Waals surface area contributed by atoms with Gasteiger partial charge in [-0.3, -0.25) is 4.79 Å². The molecule has 0 spiro atoms. The van der Waals surface area contributed by atoms with Gasteiger partial charge in [0.05, 0.1) is 17.7 Å². The van der Waals surface area contributed by atoms with Gasteiger partial charge in [-0.05, 0) is 25.0 Å². The molecule has 0 saturated heterocycles. The Bertz CT molecular complexity index is 595. The van der Waals surface area contributed by atoms with Crippen LogP contribution in [0.2, 0.25) is 0 Å². The van der Waals surface area contributed by atoms with Crippen LogP contribution in [0.1, 0.15) is 54.6 Å². The van der Waals surface area contributed by atoms with E-state index in [9.17, 15) is 9.59 Å². The molecule has 1 aromatic carbocycles. The molecule has 2 aliphatic heterocycles. The average Bonchev–Trinajstić information content (AvgIpc) is 3.01. The predicted octanol–water partition coefficient (Wildman–Crippen LogP) is 2.81. The first-order valence-corrected chi connectivity index (χ1v) is 6.91. The third kappa shape index (κ3) is 2.09. The summed E-state index contributed by atoms with van der Waals surface area (Å²) in [6, 6.07) is 5.39. The van der Waals surface area contributed by atoms with Gasteiger partial charge in [0.2, 0.25) is 0 Å². The lowest BCUT2D eigenvalue weighted by atomic mass is 10.0. The zero-order valence-electron chi connectivity index (χ0n) is 11.3. The average molecular weight is 272 g/mol. The fourth-order valence-corrected chi connectivity index (χ4v) is 2.56. The van der Waals surface area contributed by atoms with Crippen molar-refractivity contribution in [3.05, 3.63) is 29.3 Å². The van der Waals surface area contributed by atoms with Gasteiger partial charge in [-0.1, -0.05) is 19.4 Å². The minimum atomic E-state index is -0.307. The van der Waals surface area contributed by atoms with Crippen molar-refractivity contribution >= 4 is 23.8 Å². The molecule has 104 valence electrons. The number of unbranched alkanes of at least 4 members (excludes halogenated alkanes) is 1. The fraction of sp³-hybridized carbons (Fsp3) is 0.400. The number of nitrogens with zero attached hydrogens (tertiary/aromatic N) is 2. The highest BCUT2D eigenvalue weighted by molar-refractivity contribution is 6.06. The molecule has 0 radical (unpaired) electrons. The third-order valence-corrected chi connectivity index (χ3v) is 3.62. The van der Waals surface area contributed by atoms with E-state index in [1.54, 1.807) is 12.3 Å². The van der Waals surface area contributed by atoms with Crippen molar-refractivity contribution in [3.63, 3.8) is 0 Å². The molecule has 5 heteroatoms. The first-order valence-electron chi connectivity index (χ1n) is 6.91. The van der Waals surface area contributed by atoms with E-state index in [2.05, 4.69) is 12.0 Å². The summed E-state index contributed by atoms with van der Waals surface area (Å²) < 4.78 is 5.40. The highest BCUT2D eigenvalue weighted by Crippen LogP contribution is 2.36. The number of carbonyl (C=O) groups is 2. The fourth-order valence-electron chi connectivity index (χ4n) is 2.56. The molecule has 3 rings (SSSR count). The number of anilines is 1. The largest absolute Gasteiger partial charge is 0.454 e. The van der Waals surface area contributed by atoms with Crippen LogP contribution < -0.4 is 5.01 Å². The van der Waals surface area contributed by atoms with Gasteiger partial charge in [-0.25, -0.2) is 9.80 Å². The second kappa shape index (κ2) is 5.07. The van der Waals surface area contributed by atoms with E-state index in [-0.39, 0.29) is 18.0 Å². The molecule has 1 aromatic rings. The maximum absolute atomic E-state index is 11.9. The van der Waals surface area contributed by atoms with Gasteiger partial charge >= 0.3 is 5.97 Å². The van der Waals surface area contributed by atoms with Gasteiger partial charge in [-0.15, -0.1) is 0 Å². The van der Waals surface area contributed by atoms with Crippen LogP contribution in [0.15, 0.2) is 23.3 Å². The number of cyclic esters (lactones) is 1. The molecule has 5 nitrogen and oxygen atoms in total. The highest BCUT2D eigenvalue weighted by atomic mass is 16.5. The second-order valence-electron chi connectivity index (χ2n) is 5.02. The number of fused-ring (bicyclic) bond motifs is 1. The standard InChI is InChI=1S/C15H16N2O3/c1-2-3-4-13-11-6-5-10(9-12(11)15(19)20-13)17-14(18)7-8-16-17/h5-6,8-9,13H,2-4,7H2,1H3. The van der Waals surface area contributed by atoms with Crippen LogP contribution in [0, 0.1) is 0 Å². The Morgan fingerprint density at radius 2 is 2.25 bits per heavy atom. The molecule has 2 heterocycles. The quantitative estimate of drug-likeness (QED) is 0.792. The van der Waals surface area contributed by atoms with Gasteiger partial charge in [-0.2, -0.15) is 5.10 Å². The predicted molar refractivity (Wildman–Crippen MR) is 74.7 cm³/mol. The summed E-state index contributed by atoms with van der Waals surface area (Å²) in [6.07, 6.45) is 4.66. The Labute approximate surface area is 117 Å². The van der Waals surface area contributed by atoms with Gasteiger partial charge in [0, 0.05) is 11.8 Å². The van der Waals surface area contributed by atoms with E-state index in [0.717, 1.165) is 24.8 Å². The first kappa shape index (κ1) is 12.8. The lowest BCUT2D eigenvalue weighted by Crippen LogP contribution is -2.19. The summed E-state index contributed by atoms with van der Waals surface area (Å²) in [7, 11) is 0. The molecule has 0 aromatic heterocycles. The number of hydrazone groups is 1. The maximum Gasteiger partial charge on any atom is 0.339 e. The van der Waals surface area contributed by atoms with Crippen molar-refractivity contribution in [3.8, 4) is 0 Å². The van der Waals surface area contributed by atoms with Crippen molar-refractivity contribution in [2.75, 3.05) is 5.01 Å². The number of hydrogen-bond acceptors (Lipinski definition) is 4. The summed E-state index contributed by atoms with van der Waals surface area (Å²) >= 11 is 0. The number of carbonyl (C=O) groups excluding carboxylic acids is 2. The summed E-state index contributed by atoms with van der Waals surface area (Å²) in [5.41, 5.74) is 2.09. The third-order valence-electron chi connectivity index (χ3n) is 3.62. The Kier molecular flexibility index (Phi) is 3.26. The molecule has 0 aliphatic carbocycles. The van der Waals surface area contributed by atoms with Gasteiger partial charge < -0.3 is 4.74 Å². The van der Waals surface area contributed by atoms with Crippen LogP contribution in [0.25, 0.3) is 0 Å². The molecule has 1 unspecified atom stereocenters. The SMILES string of the molecule is CCCCC1OC(=O)c2cc(N3N=CCC3=O)ccc21. The molecule has 20 heavy (non-hydrogen) atoms. The molecule has 2 aliphatic rings.